The van der Waals surface area contributed by atoms with E-state index in [1.54, 1.807) is 0 Å². The summed E-state index contributed by atoms with van der Waals surface area (Å²) in [6.07, 6.45) is 1.57. The Labute approximate surface area is 97.7 Å². The van der Waals surface area contributed by atoms with Crippen LogP contribution in [0.1, 0.15) is 18.9 Å². The first kappa shape index (κ1) is 12.5. The van der Waals surface area contributed by atoms with Gasteiger partial charge in [0.25, 0.3) is 0 Å². The Morgan fingerprint density at radius 1 is 1.47 bits per heavy atom. The van der Waals surface area contributed by atoms with Crippen molar-refractivity contribution >= 4 is 15.9 Å². The molecule has 0 aliphatic heterocycles. The number of halogens is 2. The number of nitrogens with two attached hydrogens (primary N) is 1. The highest BCUT2D eigenvalue weighted by Crippen LogP contribution is 2.31. The van der Waals surface area contributed by atoms with Crippen LogP contribution < -0.4 is 10.5 Å². The average Bonchev–Trinajstić information content (AvgIpc) is 2.19. The minimum absolute atomic E-state index is 0.252. The Morgan fingerprint density at radius 3 is 2.80 bits per heavy atom. The van der Waals surface area contributed by atoms with Crippen molar-refractivity contribution in [2.24, 2.45) is 5.73 Å². The maximum atomic E-state index is 13.2. The lowest BCUT2D eigenvalue weighted by Crippen LogP contribution is -2.03. The number of ether oxygens (including phenoxy) is 1. The molecule has 4 heteroatoms. The van der Waals surface area contributed by atoms with Gasteiger partial charge in [-0.3, -0.25) is 0 Å². The third-order valence-electron chi connectivity index (χ3n) is 2.02. The van der Waals surface area contributed by atoms with Gasteiger partial charge in [0, 0.05) is 0 Å². The van der Waals surface area contributed by atoms with Crippen LogP contribution in [0.25, 0.3) is 0 Å². The summed E-state index contributed by atoms with van der Waals surface area (Å²) in [6.45, 7) is 3.07. The highest BCUT2D eigenvalue weighted by atomic mass is 79.9. The number of hydrogen-bond donors (Lipinski definition) is 1. The number of hydrogen-bond acceptors (Lipinski definition) is 2. The first-order valence-corrected chi connectivity index (χ1v) is 5.79. The summed E-state index contributed by atoms with van der Waals surface area (Å²) in [5, 5.41) is 0. The van der Waals surface area contributed by atoms with Crippen LogP contribution in [0.15, 0.2) is 16.6 Å². The topological polar surface area (TPSA) is 35.2 Å². The molecule has 0 spiro atoms. The summed E-state index contributed by atoms with van der Waals surface area (Å²) in [7, 11) is 0. The Bertz CT molecular complexity index is 331. The normalized spacial score (nSPS) is 10.4. The first-order chi connectivity index (χ1) is 7.19. The quantitative estimate of drug-likeness (QED) is 0.897. The predicted molar refractivity (Wildman–Crippen MR) is 62.6 cm³/mol. The third kappa shape index (κ3) is 3.47. The summed E-state index contributed by atoms with van der Waals surface area (Å²) in [4.78, 5) is 0. The monoisotopic (exact) mass is 275 g/mol. The molecule has 0 unspecified atom stereocenters. The molecule has 0 heterocycles. The Kier molecular flexibility index (Phi) is 5.05. The van der Waals surface area contributed by atoms with Crippen molar-refractivity contribution in [2.45, 2.75) is 19.8 Å². The second-order valence-electron chi connectivity index (χ2n) is 3.20. The molecule has 1 aromatic rings. The molecule has 0 saturated heterocycles. The van der Waals surface area contributed by atoms with Crippen LogP contribution in [0.2, 0.25) is 0 Å². The van der Waals surface area contributed by atoms with Gasteiger partial charge in [-0.1, -0.05) is 0 Å². The Morgan fingerprint density at radius 2 is 2.20 bits per heavy atom. The molecule has 0 saturated carbocycles. The minimum Gasteiger partial charge on any atom is -0.492 e. The number of aryl methyl sites for hydroxylation is 1. The molecular formula is C11H15BrFNO. The molecule has 0 aliphatic carbocycles. The van der Waals surface area contributed by atoms with Gasteiger partial charge in [-0.05, 0) is 59.9 Å². The van der Waals surface area contributed by atoms with Crippen molar-refractivity contribution in [3.63, 3.8) is 0 Å². The van der Waals surface area contributed by atoms with Gasteiger partial charge in [0.1, 0.15) is 11.6 Å². The number of benzene rings is 1. The largest absolute Gasteiger partial charge is 0.492 e. The number of rotatable bonds is 5. The van der Waals surface area contributed by atoms with Crippen LogP contribution in [0.5, 0.6) is 5.75 Å². The van der Waals surface area contributed by atoms with E-state index in [0.29, 0.717) is 17.6 Å². The fourth-order valence-electron chi connectivity index (χ4n) is 1.40. The van der Waals surface area contributed by atoms with Gasteiger partial charge in [0.05, 0.1) is 11.1 Å². The van der Waals surface area contributed by atoms with Crippen LogP contribution in [0.4, 0.5) is 4.39 Å². The maximum absolute atomic E-state index is 13.2. The van der Waals surface area contributed by atoms with Crippen LogP contribution in [0.3, 0.4) is 0 Å². The zero-order chi connectivity index (χ0) is 11.3. The second kappa shape index (κ2) is 6.08. The maximum Gasteiger partial charge on any atom is 0.136 e. The highest BCUT2D eigenvalue weighted by Gasteiger charge is 2.10. The molecule has 0 aromatic heterocycles. The average molecular weight is 276 g/mol. The lowest BCUT2D eigenvalue weighted by atomic mass is 10.1. The molecule has 0 amide bonds. The van der Waals surface area contributed by atoms with E-state index in [9.17, 15) is 4.39 Å². The molecule has 2 nitrogen and oxygen atoms in total. The lowest BCUT2D eigenvalue weighted by Gasteiger charge is -2.12. The molecule has 1 aromatic carbocycles. The van der Waals surface area contributed by atoms with Gasteiger partial charge in [-0.25, -0.2) is 4.39 Å². The van der Waals surface area contributed by atoms with E-state index in [4.69, 9.17) is 10.5 Å². The minimum atomic E-state index is -0.252. The van der Waals surface area contributed by atoms with Crippen molar-refractivity contribution in [2.75, 3.05) is 13.2 Å². The SMILES string of the molecule is CCOc1c(Br)cc(F)cc1CCCN. The Hall–Kier alpha value is -0.610. The molecular weight excluding hydrogens is 261 g/mol. The summed E-state index contributed by atoms with van der Waals surface area (Å²) in [5.74, 6) is 0.477. The fraction of sp³-hybridized carbons (Fsp3) is 0.455. The van der Waals surface area contributed by atoms with Crippen LogP contribution in [-0.4, -0.2) is 13.2 Å². The zero-order valence-corrected chi connectivity index (χ0v) is 10.3. The molecule has 0 fully saturated rings. The zero-order valence-electron chi connectivity index (χ0n) is 8.72. The smallest absolute Gasteiger partial charge is 0.136 e. The highest BCUT2D eigenvalue weighted by molar-refractivity contribution is 9.10. The summed E-state index contributed by atoms with van der Waals surface area (Å²) in [5.41, 5.74) is 6.30. The van der Waals surface area contributed by atoms with Gasteiger partial charge in [-0.15, -0.1) is 0 Å². The van der Waals surface area contributed by atoms with E-state index in [1.807, 2.05) is 6.92 Å². The van der Waals surface area contributed by atoms with Crippen molar-refractivity contribution in [1.29, 1.82) is 0 Å². The first-order valence-electron chi connectivity index (χ1n) is 4.99. The van der Waals surface area contributed by atoms with Crippen molar-refractivity contribution in [3.05, 3.63) is 28.0 Å². The second-order valence-corrected chi connectivity index (χ2v) is 4.06. The van der Waals surface area contributed by atoms with E-state index >= 15 is 0 Å². The van der Waals surface area contributed by atoms with E-state index in [0.717, 1.165) is 24.2 Å². The Balaban J connectivity index is 2.97. The van der Waals surface area contributed by atoms with Gasteiger partial charge < -0.3 is 10.5 Å². The van der Waals surface area contributed by atoms with E-state index in [1.165, 1.54) is 12.1 Å². The van der Waals surface area contributed by atoms with Crippen molar-refractivity contribution < 1.29 is 9.13 Å². The van der Waals surface area contributed by atoms with Gasteiger partial charge in [0.2, 0.25) is 0 Å². The van der Waals surface area contributed by atoms with Crippen LogP contribution >= 0.6 is 15.9 Å². The van der Waals surface area contributed by atoms with Crippen molar-refractivity contribution in [3.8, 4) is 5.75 Å². The fourth-order valence-corrected chi connectivity index (χ4v) is 1.99. The molecule has 0 aliphatic rings. The summed E-state index contributed by atoms with van der Waals surface area (Å²) < 4.78 is 19.3. The molecule has 2 N–H and O–H groups in total. The van der Waals surface area contributed by atoms with Crippen LogP contribution in [-0.2, 0) is 6.42 Å². The predicted octanol–water partition coefficient (Wildman–Crippen LogP) is 2.88. The molecule has 0 bridgehead atoms. The third-order valence-corrected chi connectivity index (χ3v) is 2.61. The summed E-state index contributed by atoms with van der Waals surface area (Å²) in [6, 6.07) is 2.92. The molecule has 15 heavy (non-hydrogen) atoms. The molecule has 0 radical (unpaired) electrons. The molecule has 1 rings (SSSR count). The van der Waals surface area contributed by atoms with Crippen molar-refractivity contribution in [1.82, 2.24) is 0 Å². The van der Waals surface area contributed by atoms with Gasteiger partial charge in [0.15, 0.2) is 0 Å². The van der Waals surface area contributed by atoms with Gasteiger partial charge in [-0.2, -0.15) is 0 Å². The van der Waals surface area contributed by atoms with E-state index < -0.39 is 0 Å². The molecule has 84 valence electrons. The van der Waals surface area contributed by atoms with E-state index in [-0.39, 0.29) is 5.82 Å². The van der Waals surface area contributed by atoms with Crippen LogP contribution in [0, 0.1) is 5.82 Å². The van der Waals surface area contributed by atoms with E-state index in [2.05, 4.69) is 15.9 Å². The summed E-state index contributed by atoms with van der Waals surface area (Å²) >= 11 is 3.29. The standard InChI is InChI=1S/C11H15BrFNO/c1-2-15-11-8(4-3-5-14)6-9(13)7-10(11)12/h6-7H,2-5,14H2,1H3. The van der Waals surface area contributed by atoms with Gasteiger partial charge >= 0.3 is 0 Å². The molecule has 0 atom stereocenters. The lowest BCUT2D eigenvalue weighted by molar-refractivity contribution is 0.333.